The molecule has 0 saturated heterocycles. The van der Waals surface area contributed by atoms with Crippen molar-refractivity contribution in [2.75, 3.05) is 13.7 Å². The van der Waals surface area contributed by atoms with Crippen LogP contribution in [0.15, 0.2) is 12.3 Å². The van der Waals surface area contributed by atoms with Crippen molar-refractivity contribution >= 4 is 0 Å². The van der Waals surface area contributed by atoms with E-state index in [1.807, 2.05) is 17.8 Å². The summed E-state index contributed by atoms with van der Waals surface area (Å²) in [4.78, 5) is 0. The standard InChI is InChI=1S/C10H20N4O/c1-8(7-15-3)6-9(13-11)10-4-5-12-14(10)2/h4-5,8-9,13H,6-7,11H2,1-3H3. The summed E-state index contributed by atoms with van der Waals surface area (Å²) in [6, 6.07) is 2.10. The molecule has 0 aliphatic carbocycles. The first-order valence-corrected chi connectivity index (χ1v) is 5.12. The lowest BCUT2D eigenvalue weighted by Crippen LogP contribution is -2.31. The van der Waals surface area contributed by atoms with Gasteiger partial charge in [0.15, 0.2) is 0 Å². The van der Waals surface area contributed by atoms with E-state index in [1.165, 1.54) is 0 Å². The smallest absolute Gasteiger partial charge is 0.0632 e. The first-order valence-electron chi connectivity index (χ1n) is 5.12. The van der Waals surface area contributed by atoms with Crippen LogP contribution in [0.5, 0.6) is 0 Å². The van der Waals surface area contributed by atoms with Crippen LogP contribution in [0.4, 0.5) is 0 Å². The Balaban J connectivity index is 2.60. The highest BCUT2D eigenvalue weighted by Crippen LogP contribution is 2.19. The molecule has 0 saturated carbocycles. The Hall–Kier alpha value is -0.910. The van der Waals surface area contributed by atoms with Crippen LogP contribution >= 0.6 is 0 Å². The number of hydrogen-bond donors (Lipinski definition) is 2. The highest BCUT2D eigenvalue weighted by atomic mass is 16.5. The molecule has 2 unspecified atom stereocenters. The number of hydrazine groups is 1. The van der Waals surface area contributed by atoms with Gasteiger partial charge >= 0.3 is 0 Å². The average Bonchev–Trinajstić information content (AvgIpc) is 2.61. The molecule has 1 aromatic rings. The Bertz CT molecular complexity index is 287. The Morgan fingerprint density at radius 3 is 2.87 bits per heavy atom. The van der Waals surface area contributed by atoms with Crippen LogP contribution in [-0.2, 0) is 11.8 Å². The van der Waals surface area contributed by atoms with Gasteiger partial charge in [-0.05, 0) is 18.4 Å². The molecular formula is C10H20N4O. The topological polar surface area (TPSA) is 65.1 Å². The molecule has 0 fully saturated rings. The van der Waals surface area contributed by atoms with Gasteiger partial charge in [-0.3, -0.25) is 16.0 Å². The lowest BCUT2D eigenvalue weighted by Gasteiger charge is -2.19. The molecule has 86 valence electrons. The molecule has 0 radical (unpaired) electrons. The van der Waals surface area contributed by atoms with E-state index < -0.39 is 0 Å². The molecule has 0 bridgehead atoms. The fourth-order valence-corrected chi connectivity index (χ4v) is 1.76. The zero-order chi connectivity index (χ0) is 11.3. The average molecular weight is 212 g/mol. The summed E-state index contributed by atoms with van der Waals surface area (Å²) in [7, 11) is 3.63. The number of methoxy groups -OCH3 is 1. The van der Waals surface area contributed by atoms with Crippen molar-refractivity contribution in [3.05, 3.63) is 18.0 Å². The highest BCUT2D eigenvalue weighted by molar-refractivity contribution is 5.06. The summed E-state index contributed by atoms with van der Waals surface area (Å²) in [6.07, 6.45) is 2.71. The Labute approximate surface area is 90.6 Å². The Kier molecular flexibility index (Phi) is 4.74. The number of aryl methyl sites for hydroxylation is 1. The third kappa shape index (κ3) is 3.30. The predicted molar refractivity (Wildman–Crippen MR) is 58.9 cm³/mol. The van der Waals surface area contributed by atoms with Gasteiger partial charge in [0.05, 0.1) is 11.7 Å². The van der Waals surface area contributed by atoms with Crippen molar-refractivity contribution in [1.82, 2.24) is 15.2 Å². The number of aromatic nitrogens is 2. The molecule has 15 heavy (non-hydrogen) atoms. The summed E-state index contributed by atoms with van der Waals surface area (Å²) in [5.41, 5.74) is 3.92. The highest BCUT2D eigenvalue weighted by Gasteiger charge is 2.16. The minimum atomic E-state index is 0.127. The van der Waals surface area contributed by atoms with Gasteiger partial charge in [0.2, 0.25) is 0 Å². The zero-order valence-electron chi connectivity index (χ0n) is 9.60. The molecule has 0 aliphatic heterocycles. The van der Waals surface area contributed by atoms with Crippen molar-refractivity contribution in [3.63, 3.8) is 0 Å². The molecule has 0 aromatic carbocycles. The maximum absolute atomic E-state index is 5.55. The molecule has 2 atom stereocenters. The molecule has 3 N–H and O–H groups in total. The van der Waals surface area contributed by atoms with Crippen LogP contribution in [-0.4, -0.2) is 23.5 Å². The van der Waals surface area contributed by atoms with E-state index in [0.29, 0.717) is 5.92 Å². The SMILES string of the molecule is COCC(C)CC(NN)c1ccnn1C. The van der Waals surface area contributed by atoms with Gasteiger partial charge < -0.3 is 4.74 Å². The molecule has 0 spiro atoms. The van der Waals surface area contributed by atoms with Crippen LogP contribution in [0.1, 0.15) is 25.1 Å². The van der Waals surface area contributed by atoms with E-state index in [4.69, 9.17) is 10.6 Å². The molecular weight excluding hydrogens is 192 g/mol. The van der Waals surface area contributed by atoms with Gasteiger partial charge in [-0.25, -0.2) is 0 Å². The van der Waals surface area contributed by atoms with E-state index in [-0.39, 0.29) is 6.04 Å². The van der Waals surface area contributed by atoms with Crippen molar-refractivity contribution in [3.8, 4) is 0 Å². The summed E-state index contributed by atoms with van der Waals surface area (Å²) >= 11 is 0. The third-order valence-electron chi connectivity index (χ3n) is 2.51. The van der Waals surface area contributed by atoms with Crippen LogP contribution in [0, 0.1) is 5.92 Å². The number of nitrogens with one attached hydrogen (secondary N) is 1. The quantitative estimate of drug-likeness (QED) is 0.535. The van der Waals surface area contributed by atoms with Crippen LogP contribution in [0.2, 0.25) is 0 Å². The molecule has 0 aliphatic rings. The van der Waals surface area contributed by atoms with Gasteiger partial charge in [-0.1, -0.05) is 6.92 Å². The maximum atomic E-state index is 5.55. The van der Waals surface area contributed by atoms with Crippen molar-refractivity contribution in [1.29, 1.82) is 0 Å². The monoisotopic (exact) mass is 212 g/mol. The summed E-state index contributed by atoms with van der Waals surface area (Å²) < 4.78 is 6.94. The Morgan fingerprint density at radius 2 is 2.40 bits per heavy atom. The second-order valence-corrected chi connectivity index (χ2v) is 3.90. The van der Waals surface area contributed by atoms with Crippen molar-refractivity contribution in [2.45, 2.75) is 19.4 Å². The second kappa shape index (κ2) is 5.85. The van der Waals surface area contributed by atoms with Gasteiger partial charge in [0.1, 0.15) is 0 Å². The second-order valence-electron chi connectivity index (χ2n) is 3.90. The number of nitrogens with zero attached hydrogens (tertiary/aromatic N) is 2. The van der Waals surface area contributed by atoms with Crippen molar-refractivity contribution in [2.24, 2.45) is 18.8 Å². The fraction of sp³-hybridized carbons (Fsp3) is 0.700. The van der Waals surface area contributed by atoms with E-state index in [1.54, 1.807) is 13.3 Å². The lowest BCUT2D eigenvalue weighted by atomic mass is 10.0. The van der Waals surface area contributed by atoms with E-state index >= 15 is 0 Å². The number of nitrogens with two attached hydrogens (primary N) is 1. The maximum Gasteiger partial charge on any atom is 0.0632 e. The number of rotatable bonds is 6. The summed E-state index contributed by atoms with van der Waals surface area (Å²) in [5.74, 6) is 6.01. The van der Waals surface area contributed by atoms with Gasteiger partial charge in [0, 0.05) is 27.0 Å². The first-order chi connectivity index (χ1) is 7.19. The molecule has 5 heteroatoms. The number of ether oxygens (including phenoxy) is 1. The minimum Gasteiger partial charge on any atom is -0.384 e. The van der Waals surface area contributed by atoms with Crippen molar-refractivity contribution < 1.29 is 4.74 Å². The zero-order valence-corrected chi connectivity index (χ0v) is 9.60. The molecule has 1 rings (SSSR count). The fourth-order valence-electron chi connectivity index (χ4n) is 1.76. The minimum absolute atomic E-state index is 0.127. The van der Waals surface area contributed by atoms with E-state index in [9.17, 15) is 0 Å². The van der Waals surface area contributed by atoms with E-state index in [0.717, 1.165) is 18.7 Å². The largest absolute Gasteiger partial charge is 0.384 e. The molecule has 5 nitrogen and oxygen atoms in total. The molecule has 1 heterocycles. The molecule has 0 amide bonds. The van der Waals surface area contributed by atoms with Gasteiger partial charge in [0.25, 0.3) is 0 Å². The predicted octanol–water partition coefficient (Wildman–Crippen LogP) is 0.597. The number of hydrogen-bond acceptors (Lipinski definition) is 4. The Morgan fingerprint density at radius 1 is 1.67 bits per heavy atom. The lowest BCUT2D eigenvalue weighted by molar-refractivity contribution is 0.148. The van der Waals surface area contributed by atoms with Crippen LogP contribution in [0.25, 0.3) is 0 Å². The third-order valence-corrected chi connectivity index (χ3v) is 2.51. The van der Waals surface area contributed by atoms with Gasteiger partial charge in [-0.15, -0.1) is 0 Å². The summed E-state index contributed by atoms with van der Waals surface area (Å²) in [5, 5.41) is 4.13. The van der Waals surface area contributed by atoms with E-state index in [2.05, 4.69) is 17.4 Å². The summed E-state index contributed by atoms with van der Waals surface area (Å²) in [6.45, 7) is 2.89. The van der Waals surface area contributed by atoms with Crippen LogP contribution < -0.4 is 11.3 Å². The first kappa shape index (κ1) is 12.2. The normalized spacial score (nSPS) is 15.2. The molecule has 1 aromatic heterocycles. The van der Waals surface area contributed by atoms with Gasteiger partial charge in [-0.2, -0.15) is 5.10 Å². The van der Waals surface area contributed by atoms with Crippen LogP contribution in [0.3, 0.4) is 0 Å².